The zero-order valence-corrected chi connectivity index (χ0v) is 13.4. The van der Waals surface area contributed by atoms with Crippen molar-refractivity contribution >= 4 is 11.8 Å². The van der Waals surface area contributed by atoms with Gasteiger partial charge in [-0.15, -0.1) is 0 Å². The van der Waals surface area contributed by atoms with Gasteiger partial charge in [-0.3, -0.25) is 9.59 Å². The van der Waals surface area contributed by atoms with Gasteiger partial charge in [0.2, 0.25) is 0 Å². The number of fused-ring (bicyclic) bond motifs is 1. The Labute approximate surface area is 126 Å². The van der Waals surface area contributed by atoms with Crippen LogP contribution in [0.5, 0.6) is 0 Å². The van der Waals surface area contributed by atoms with Gasteiger partial charge in [0.05, 0.1) is 5.60 Å². The van der Waals surface area contributed by atoms with E-state index in [0.29, 0.717) is 19.3 Å². The summed E-state index contributed by atoms with van der Waals surface area (Å²) >= 11 is 0. The number of hydrogen-bond donors (Lipinski definition) is 1. The van der Waals surface area contributed by atoms with Gasteiger partial charge >= 0.3 is 5.97 Å². The fourth-order valence-electron chi connectivity index (χ4n) is 4.40. The fraction of sp³-hybridized carbons (Fsp3) is 0.765. The predicted molar refractivity (Wildman–Crippen MR) is 79.6 cm³/mol. The summed E-state index contributed by atoms with van der Waals surface area (Å²) < 4.78 is 5.57. The van der Waals surface area contributed by atoms with E-state index in [1.54, 1.807) is 6.92 Å². The zero-order chi connectivity index (χ0) is 16.0. The van der Waals surface area contributed by atoms with Crippen LogP contribution in [0.3, 0.4) is 0 Å². The molecule has 0 bridgehead atoms. The first-order valence-electron chi connectivity index (χ1n) is 7.68. The van der Waals surface area contributed by atoms with Crippen LogP contribution in [0.15, 0.2) is 12.2 Å². The van der Waals surface area contributed by atoms with Crippen LogP contribution in [0.1, 0.15) is 53.4 Å². The van der Waals surface area contributed by atoms with Gasteiger partial charge in [0, 0.05) is 30.6 Å². The number of rotatable bonds is 2. The molecular weight excluding hydrogens is 268 g/mol. The third-order valence-electron chi connectivity index (χ3n) is 5.49. The van der Waals surface area contributed by atoms with Gasteiger partial charge in [-0.1, -0.05) is 19.1 Å². The highest BCUT2D eigenvalue weighted by Crippen LogP contribution is 2.55. The molecule has 1 N–H and O–H groups in total. The van der Waals surface area contributed by atoms with Crippen molar-refractivity contribution in [2.24, 2.45) is 17.3 Å². The van der Waals surface area contributed by atoms with E-state index in [0.717, 1.165) is 12.0 Å². The highest BCUT2D eigenvalue weighted by atomic mass is 16.5. The summed E-state index contributed by atoms with van der Waals surface area (Å²) in [4.78, 5) is 24.0. The predicted octanol–water partition coefficient (Wildman–Crippen LogP) is 2.64. The third kappa shape index (κ3) is 2.66. The second-order valence-electron chi connectivity index (χ2n) is 7.24. The van der Waals surface area contributed by atoms with E-state index in [2.05, 4.69) is 6.58 Å². The molecule has 0 aliphatic heterocycles. The standard InChI is InChI=1S/C17H26O4/c1-10(2)12-6-8-16(4)13(19)7-9-17(5,20)15(16)14(12)21-11(3)18/h12,14-15,20H,1,6-9H2,2-5H3/t12-,14+,15+,16-,17-/m0/s1. The molecule has 0 aromatic heterocycles. The minimum atomic E-state index is -1.00. The fourth-order valence-corrected chi connectivity index (χ4v) is 4.40. The number of hydrogen-bond acceptors (Lipinski definition) is 4. The Morgan fingerprint density at radius 2 is 1.95 bits per heavy atom. The summed E-state index contributed by atoms with van der Waals surface area (Å²) in [7, 11) is 0. The van der Waals surface area contributed by atoms with E-state index < -0.39 is 17.1 Å². The zero-order valence-electron chi connectivity index (χ0n) is 13.4. The summed E-state index contributed by atoms with van der Waals surface area (Å²) in [6.45, 7) is 11.0. The number of Topliss-reactive ketones (excluding diaryl/α,β-unsaturated/α-hetero) is 1. The number of ketones is 1. The van der Waals surface area contributed by atoms with Crippen molar-refractivity contribution < 1.29 is 19.4 Å². The van der Waals surface area contributed by atoms with Crippen LogP contribution in [0.4, 0.5) is 0 Å². The molecule has 0 unspecified atom stereocenters. The second kappa shape index (κ2) is 5.24. The Hall–Kier alpha value is -1.16. The summed E-state index contributed by atoms with van der Waals surface area (Å²) in [5.74, 6) is -0.560. The molecule has 2 aliphatic carbocycles. The second-order valence-corrected chi connectivity index (χ2v) is 7.24. The van der Waals surface area contributed by atoms with E-state index in [-0.39, 0.29) is 23.6 Å². The lowest BCUT2D eigenvalue weighted by Crippen LogP contribution is -2.62. The lowest BCUT2D eigenvalue weighted by Gasteiger charge is -2.56. The van der Waals surface area contributed by atoms with E-state index in [4.69, 9.17) is 4.74 Å². The molecule has 0 amide bonds. The highest BCUT2D eigenvalue weighted by Gasteiger charge is 2.60. The summed E-state index contributed by atoms with van der Waals surface area (Å²) in [6, 6.07) is 0. The van der Waals surface area contributed by atoms with E-state index >= 15 is 0 Å². The lowest BCUT2D eigenvalue weighted by molar-refractivity contribution is -0.197. The molecule has 118 valence electrons. The van der Waals surface area contributed by atoms with Gasteiger partial charge in [-0.25, -0.2) is 0 Å². The van der Waals surface area contributed by atoms with Crippen molar-refractivity contribution in [3.63, 3.8) is 0 Å². The average molecular weight is 294 g/mol. The van der Waals surface area contributed by atoms with Crippen LogP contribution in [0.25, 0.3) is 0 Å². The van der Waals surface area contributed by atoms with E-state index in [9.17, 15) is 14.7 Å². The number of aliphatic hydroxyl groups is 1. The molecule has 0 spiro atoms. The largest absolute Gasteiger partial charge is 0.461 e. The van der Waals surface area contributed by atoms with Crippen LogP contribution in [0, 0.1) is 17.3 Å². The minimum absolute atomic E-state index is 0.00403. The molecule has 2 aliphatic rings. The van der Waals surface area contributed by atoms with Crippen molar-refractivity contribution in [3.8, 4) is 0 Å². The monoisotopic (exact) mass is 294 g/mol. The molecule has 21 heavy (non-hydrogen) atoms. The molecule has 4 heteroatoms. The molecule has 2 fully saturated rings. The number of carbonyl (C=O) groups is 2. The molecule has 0 heterocycles. The highest BCUT2D eigenvalue weighted by molar-refractivity contribution is 5.86. The van der Waals surface area contributed by atoms with Crippen LogP contribution in [-0.2, 0) is 14.3 Å². The Balaban J connectivity index is 2.48. The summed E-state index contributed by atoms with van der Waals surface area (Å²) in [6.07, 6.45) is 1.82. The Kier molecular flexibility index (Phi) is 4.04. The molecular formula is C17H26O4. The van der Waals surface area contributed by atoms with E-state index in [1.807, 2.05) is 13.8 Å². The number of esters is 1. The van der Waals surface area contributed by atoms with Crippen LogP contribution in [-0.4, -0.2) is 28.6 Å². The molecule has 5 atom stereocenters. The van der Waals surface area contributed by atoms with Gasteiger partial charge in [-0.05, 0) is 33.1 Å². The van der Waals surface area contributed by atoms with Crippen LogP contribution in [0.2, 0.25) is 0 Å². The Morgan fingerprint density at radius 1 is 1.33 bits per heavy atom. The molecule has 0 radical (unpaired) electrons. The normalized spacial score (nSPS) is 43.1. The molecule has 0 aromatic carbocycles. The molecule has 4 nitrogen and oxygen atoms in total. The molecule has 0 saturated heterocycles. The maximum atomic E-state index is 12.5. The minimum Gasteiger partial charge on any atom is -0.461 e. The maximum absolute atomic E-state index is 12.5. The molecule has 2 rings (SSSR count). The van der Waals surface area contributed by atoms with Crippen LogP contribution >= 0.6 is 0 Å². The van der Waals surface area contributed by atoms with Gasteiger partial charge in [-0.2, -0.15) is 0 Å². The average Bonchev–Trinajstić information content (AvgIpc) is 2.33. The van der Waals surface area contributed by atoms with Crippen molar-refractivity contribution in [2.75, 3.05) is 0 Å². The lowest BCUT2D eigenvalue weighted by atomic mass is 9.51. The Bertz CT molecular complexity index is 479. The third-order valence-corrected chi connectivity index (χ3v) is 5.49. The SMILES string of the molecule is C=C(C)[C@@H]1CC[C@@]2(C)C(=O)CC[C@](C)(O)[C@@H]2[C@@H]1OC(C)=O. The van der Waals surface area contributed by atoms with Crippen molar-refractivity contribution in [3.05, 3.63) is 12.2 Å². The first-order valence-corrected chi connectivity index (χ1v) is 7.68. The maximum Gasteiger partial charge on any atom is 0.302 e. The van der Waals surface area contributed by atoms with Crippen molar-refractivity contribution in [1.82, 2.24) is 0 Å². The number of carbonyl (C=O) groups excluding carboxylic acids is 2. The van der Waals surface area contributed by atoms with Crippen molar-refractivity contribution in [1.29, 1.82) is 0 Å². The van der Waals surface area contributed by atoms with Gasteiger partial charge in [0.15, 0.2) is 0 Å². The van der Waals surface area contributed by atoms with Gasteiger partial charge < -0.3 is 9.84 Å². The first kappa shape index (κ1) is 16.2. The summed E-state index contributed by atoms with van der Waals surface area (Å²) in [5.41, 5.74) is -0.679. The quantitative estimate of drug-likeness (QED) is 0.628. The topological polar surface area (TPSA) is 63.6 Å². The molecule has 2 saturated carbocycles. The number of ether oxygens (including phenoxy) is 1. The molecule has 0 aromatic rings. The van der Waals surface area contributed by atoms with Crippen LogP contribution < -0.4 is 0 Å². The Morgan fingerprint density at radius 3 is 2.48 bits per heavy atom. The summed E-state index contributed by atoms with van der Waals surface area (Å²) in [5, 5.41) is 10.9. The first-order chi connectivity index (χ1) is 9.59. The van der Waals surface area contributed by atoms with Gasteiger partial charge in [0.25, 0.3) is 0 Å². The van der Waals surface area contributed by atoms with E-state index in [1.165, 1.54) is 6.92 Å². The smallest absolute Gasteiger partial charge is 0.302 e. The van der Waals surface area contributed by atoms with Crippen molar-refractivity contribution in [2.45, 2.75) is 65.1 Å². The van der Waals surface area contributed by atoms with Gasteiger partial charge in [0.1, 0.15) is 11.9 Å².